The number of piperidine rings is 1. The highest BCUT2D eigenvalue weighted by Crippen LogP contribution is 2.70. The summed E-state index contributed by atoms with van der Waals surface area (Å²) in [6.07, 6.45) is 7.14. The minimum absolute atomic E-state index is 0.193. The number of aromatic amines is 1. The third-order valence-electron chi connectivity index (χ3n) is 9.49. The van der Waals surface area contributed by atoms with Gasteiger partial charge >= 0.3 is 0 Å². The van der Waals surface area contributed by atoms with Crippen LogP contribution in [-0.4, -0.2) is 46.3 Å². The number of benzene rings is 2. The minimum atomic E-state index is -0.428. The topological polar surface area (TPSA) is 57.7 Å². The summed E-state index contributed by atoms with van der Waals surface area (Å²) in [7, 11) is 0. The van der Waals surface area contributed by atoms with Crippen molar-refractivity contribution in [3.63, 3.8) is 0 Å². The highest BCUT2D eigenvalue weighted by Gasteiger charge is 2.74. The van der Waals surface area contributed by atoms with E-state index in [1.807, 2.05) is 12.1 Å². The molecule has 3 aromatic rings. The molecule has 2 bridgehead atoms. The Morgan fingerprint density at radius 2 is 2.12 bits per heavy atom. The fourth-order valence-electron chi connectivity index (χ4n) is 8.02. The molecule has 3 aliphatic carbocycles. The zero-order valence-corrected chi connectivity index (χ0v) is 19.3. The highest BCUT2D eigenvalue weighted by molar-refractivity contribution is 5.86. The van der Waals surface area contributed by atoms with Gasteiger partial charge in [0, 0.05) is 35.5 Å². The number of nitrogens with zero attached hydrogens (tertiary/aromatic N) is 1. The summed E-state index contributed by atoms with van der Waals surface area (Å²) >= 11 is 0. The lowest BCUT2D eigenvalue weighted by Crippen LogP contribution is -2.75. The molecule has 5 nitrogen and oxygen atoms in total. The van der Waals surface area contributed by atoms with E-state index < -0.39 is 5.60 Å². The van der Waals surface area contributed by atoms with E-state index in [9.17, 15) is 5.11 Å². The summed E-state index contributed by atoms with van der Waals surface area (Å²) in [6.45, 7) is 6.73. The fraction of sp³-hybridized carbons (Fsp3) is 0.448. The van der Waals surface area contributed by atoms with Gasteiger partial charge in [-0.05, 0) is 61.4 Å². The predicted molar refractivity (Wildman–Crippen MR) is 130 cm³/mol. The van der Waals surface area contributed by atoms with E-state index in [0.29, 0.717) is 12.4 Å². The van der Waals surface area contributed by atoms with E-state index in [0.717, 1.165) is 49.5 Å². The molecule has 3 heterocycles. The Hall–Kier alpha value is -2.76. The van der Waals surface area contributed by atoms with Crippen molar-refractivity contribution in [1.82, 2.24) is 9.88 Å². The summed E-state index contributed by atoms with van der Waals surface area (Å²) < 4.78 is 13.8. The van der Waals surface area contributed by atoms with Gasteiger partial charge in [0.25, 0.3) is 0 Å². The number of H-pyrrole nitrogens is 1. The molecule has 8 rings (SSSR count). The Bertz CT molecular complexity index is 1360. The number of nitrogens with one attached hydrogen (secondary N) is 1. The number of hydrogen-bond acceptors (Lipinski definition) is 4. The van der Waals surface area contributed by atoms with Crippen LogP contribution < -0.4 is 4.74 Å². The summed E-state index contributed by atoms with van der Waals surface area (Å²) in [5.41, 5.74) is 5.39. The number of ether oxygens (including phenoxy) is 2. The van der Waals surface area contributed by atoms with Gasteiger partial charge in [-0.25, -0.2) is 0 Å². The first-order valence-electron chi connectivity index (χ1n) is 12.8. The Labute approximate surface area is 199 Å². The molecule has 0 radical (unpaired) electrons. The first kappa shape index (κ1) is 19.5. The smallest absolute Gasteiger partial charge is 0.166 e. The molecule has 5 heteroatoms. The minimum Gasteiger partial charge on any atom is -0.504 e. The lowest BCUT2D eigenvalue weighted by molar-refractivity contribution is -0.199. The van der Waals surface area contributed by atoms with Crippen LogP contribution in [0.25, 0.3) is 10.9 Å². The second kappa shape index (κ2) is 6.46. The Morgan fingerprint density at radius 1 is 1.24 bits per heavy atom. The normalized spacial score (nSPS) is 32.8. The Balaban J connectivity index is 1.44. The zero-order chi connectivity index (χ0) is 22.7. The number of phenolic OH excluding ortho intramolecular Hbond substituents is 1. The average Bonchev–Trinajstić information content (AvgIpc) is 3.49. The van der Waals surface area contributed by atoms with Gasteiger partial charge in [-0.3, -0.25) is 4.90 Å². The Morgan fingerprint density at radius 3 is 2.97 bits per heavy atom. The third-order valence-corrected chi connectivity index (χ3v) is 9.49. The van der Waals surface area contributed by atoms with Gasteiger partial charge in [0.1, 0.15) is 5.60 Å². The highest BCUT2D eigenvalue weighted by atomic mass is 16.5. The lowest BCUT2D eigenvalue weighted by Gasteiger charge is -2.64. The van der Waals surface area contributed by atoms with Crippen molar-refractivity contribution in [3.8, 4) is 11.5 Å². The van der Waals surface area contributed by atoms with Gasteiger partial charge in [-0.15, -0.1) is 6.58 Å². The number of aromatic hydroxyl groups is 1. The number of likely N-dealkylation sites (tertiary alicyclic amines) is 1. The molecule has 2 N–H and O–H groups in total. The number of phenols is 1. The van der Waals surface area contributed by atoms with Crippen LogP contribution in [-0.2, 0) is 23.0 Å². The van der Waals surface area contributed by atoms with Gasteiger partial charge in [0.2, 0.25) is 0 Å². The van der Waals surface area contributed by atoms with Crippen molar-refractivity contribution in [2.45, 2.75) is 55.3 Å². The molecule has 2 fully saturated rings. The Kier molecular flexibility index (Phi) is 3.71. The number of hydrogen-bond donors (Lipinski definition) is 2. The summed E-state index contributed by atoms with van der Waals surface area (Å²) in [5.74, 6) is 1.75. The fourth-order valence-corrected chi connectivity index (χ4v) is 8.02. The second-order valence-corrected chi connectivity index (χ2v) is 11.1. The van der Waals surface area contributed by atoms with Crippen molar-refractivity contribution in [2.24, 2.45) is 5.92 Å². The molecule has 34 heavy (non-hydrogen) atoms. The predicted octanol–water partition coefficient (Wildman–Crippen LogP) is 4.78. The molecular formula is C29H30N2O3. The van der Waals surface area contributed by atoms with Crippen LogP contribution >= 0.6 is 0 Å². The molecule has 174 valence electrons. The van der Waals surface area contributed by atoms with E-state index in [2.05, 4.69) is 46.8 Å². The van der Waals surface area contributed by atoms with Gasteiger partial charge < -0.3 is 19.6 Å². The van der Waals surface area contributed by atoms with Crippen molar-refractivity contribution < 1.29 is 14.6 Å². The van der Waals surface area contributed by atoms with E-state index in [1.54, 1.807) is 0 Å². The average molecular weight is 455 g/mol. The maximum atomic E-state index is 10.9. The van der Waals surface area contributed by atoms with Crippen molar-refractivity contribution >= 4 is 10.9 Å². The van der Waals surface area contributed by atoms with Crippen LogP contribution in [0.1, 0.15) is 47.8 Å². The van der Waals surface area contributed by atoms with Crippen molar-refractivity contribution in [2.75, 3.05) is 19.7 Å². The molecule has 1 spiro atoms. The van der Waals surface area contributed by atoms with Crippen LogP contribution in [0, 0.1) is 5.92 Å². The first-order chi connectivity index (χ1) is 16.7. The van der Waals surface area contributed by atoms with Gasteiger partial charge in [-0.2, -0.15) is 0 Å². The molecule has 1 aromatic heterocycles. The summed E-state index contributed by atoms with van der Waals surface area (Å²) in [5, 5.41) is 12.2. The maximum Gasteiger partial charge on any atom is 0.166 e. The van der Waals surface area contributed by atoms with E-state index >= 15 is 0 Å². The number of rotatable bonds is 5. The largest absolute Gasteiger partial charge is 0.504 e. The molecule has 2 aliphatic heterocycles. The SMILES string of the molecule is C=CCO[C@@]12Cc3c([nH]c4ccccc34)[C@@H]3Oc4c(O)ccc5c4[C@@]31CCN(CC1CC1)[C@@H]2C5. The zero-order valence-electron chi connectivity index (χ0n) is 19.3. The van der Waals surface area contributed by atoms with E-state index in [4.69, 9.17) is 9.47 Å². The molecule has 4 atom stereocenters. The molecule has 2 aromatic carbocycles. The first-order valence-corrected chi connectivity index (χ1v) is 12.8. The van der Waals surface area contributed by atoms with Crippen LogP contribution in [0.5, 0.6) is 11.5 Å². The standard InChI is InChI=1S/C29H30N2O3/c1-2-13-33-29-15-20-19-5-3-4-6-21(19)30-25(20)27-28(29)11-12-31(16-17-7-8-17)23(29)14-18-9-10-22(32)26(34-27)24(18)28/h2-6,9-10,17,23,27,30,32H,1,7-8,11-16H2/t23-,27+,28+,29-/m1/s1. The van der Waals surface area contributed by atoms with Crippen LogP contribution in [0.3, 0.4) is 0 Å². The molecular weight excluding hydrogens is 424 g/mol. The number of aromatic nitrogens is 1. The second-order valence-electron chi connectivity index (χ2n) is 11.1. The number of para-hydroxylation sites is 1. The van der Waals surface area contributed by atoms with Crippen LogP contribution in [0.4, 0.5) is 0 Å². The van der Waals surface area contributed by atoms with Crippen molar-refractivity contribution in [3.05, 3.63) is 71.4 Å². The van der Waals surface area contributed by atoms with Gasteiger partial charge in [-0.1, -0.05) is 30.3 Å². The summed E-state index contributed by atoms with van der Waals surface area (Å²) in [6, 6.07) is 12.8. The summed E-state index contributed by atoms with van der Waals surface area (Å²) in [4.78, 5) is 6.47. The molecule has 1 saturated carbocycles. The molecule has 0 unspecified atom stereocenters. The third kappa shape index (κ3) is 2.19. The van der Waals surface area contributed by atoms with Crippen LogP contribution in [0.15, 0.2) is 49.1 Å². The molecule has 1 saturated heterocycles. The lowest BCUT2D eigenvalue weighted by atomic mass is 9.48. The number of fused-ring (bicyclic) bond motifs is 4. The monoisotopic (exact) mass is 454 g/mol. The van der Waals surface area contributed by atoms with Crippen LogP contribution in [0.2, 0.25) is 0 Å². The van der Waals surface area contributed by atoms with Gasteiger partial charge in [0.15, 0.2) is 17.6 Å². The van der Waals surface area contributed by atoms with Crippen molar-refractivity contribution in [1.29, 1.82) is 0 Å². The van der Waals surface area contributed by atoms with E-state index in [1.165, 1.54) is 34.9 Å². The quantitative estimate of drug-likeness (QED) is 0.545. The van der Waals surface area contributed by atoms with E-state index in [-0.39, 0.29) is 23.3 Å². The van der Waals surface area contributed by atoms with Gasteiger partial charge in [0.05, 0.1) is 17.7 Å². The maximum absolute atomic E-state index is 10.9. The molecule has 0 amide bonds. The molecule has 5 aliphatic rings.